The minimum atomic E-state index is 0.556. The Balaban J connectivity index is 2.01. The van der Waals surface area contributed by atoms with Crippen molar-refractivity contribution in [2.75, 3.05) is 18.6 Å². The zero-order valence-electron chi connectivity index (χ0n) is 7.06. The van der Waals surface area contributed by atoms with E-state index in [1.807, 2.05) is 18.2 Å². The van der Waals surface area contributed by atoms with Crippen LogP contribution in [0.1, 0.15) is 0 Å². The molecule has 2 heterocycles. The molecule has 13 heavy (non-hydrogen) atoms. The number of nitrogen functional groups attached to an aromatic ring is 1. The van der Waals surface area contributed by atoms with Gasteiger partial charge in [-0.05, 0) is 12.1 Å². The number of aromatic nitrogens is 1. The van der Waals surface area contributed by atoms with Crippen LogP contribution in [0.2, 0.25) is 0 Å². The van der Waals surface area contributed by atoms with Gasteiger partial charge in [0.15, 0.2) is 0 Å². The van der Waals surface area contributed by atoms with Gasteiger partial charge in [0.25, 0.3) is 0 Å². The minimum Gasteiger partial charge on any atom is -0.379 e. The monoisotopic (exact) mass is 197 g/mol. The number of ether oxygens (including phenoxy) is 1. The normalized spacial score (nSPS) is 16.7. The highest BCUT2D eigenvalue weighted by atomic mass is 32.2. The van der Waals surface area contributed by atoms with Crippen molar-refractivity contribution < 1.29 is 4.74 Å². The van der Waals surface area contributed by atoms with Crippen LogP contribution in [0.4, 0.5) is 5.82 Å². The SMILES string of the molecule is NNc1cccc(SC2COC2)n1. The molecule has 0 amide bonds. The van der Waals surface area contributed by atoms with E-state index in [-0.39, 0.29) is 0 Å². The smallest absolute Gasteiger partial charge is 0.141 e. The molecule has 5 heteroatoms. The van der Waals surface area contributed by atoms with Crippen molar-refractivity contribution >= 4 is 17.6 Å². The fourth-order valence-electron chi connectivity index (χ4n) is 1.01. The number of hydrazine groups is 1. The first kappa shape index (κ1) is 8.80. The van der Waals surface area contributed by atoms with Gasteiger partial charge in [0.05, 0.1) is 23.5 Å². The number of hydrogen-bond acceptors (Lipinski definition) is 5. The van der Waals surface area contributed by atoms with Gasteiger partial charge in [-0.3, -0.25) is 0 Å². The lowest BCUT2D eigenvalue weighted by atomic mass is 10.4. The van der Waals surface area contributed by atoms with E-state index in [4.69, 9.17) is 10.6 Å². The molecule has 0 aliphatic carbocycles. The summed E-state index contributed by atoms with van der Waals surface area (Å²) in [5.41, 5.74) is 2.52. The second kappa shape index (κ2) is 3.95. The summed E-state index contributed by atoms with van der Waals surface area (Å²) in [6.07, 6.45) is 0. The topological polar surface area (TPSA) is 60.2 Å². The molecule has 0 spiro atoms. The van der Waals surface area contributed by atoms with E-state index in [0.717, 1.165) is 18.2 Å². The van der Waals surface area contributed by atoms with E-state index in [0.29, 0.717) is 11.1 Å². The molecule has 1 aromatic heterocycles. The summed E-state index contributed by atoms with van der Waals surface area (Å²) in [6, 6.07) is 5.75. The van der Waals surface area contributed by atoms with Gasteiger partial charge in [0.1, 0.15) is 5.82 Å². The maximum Gasteiger partial charge on any atom is 0.141 e. The molecule has 1 aliphatic rings. The predicted octanol–water partition coefficient (Wildman–Crippen LogP) is 0.858. The van der Waals surface area contributed by atoms with Gasteiger partial charge in [0, 0.05) is 0 Å². The second-order valence-electron chi connectivity index (χ2n) is 2.78. The maximum atomic E-state index is 5.25. The van der Waals surface area contributed by atoms with Crippen LogP contribution >= 0.6 is 11.8 Å². The number of thioether (sulfide) groups is 1. The molecule has 3 N–H and O–H groups in total. The molecule has 0 aromatic carbocycles. The van der Waals surface area contributed by atoms with Crippen LogP contribution in [0.5, 0.6) is 0 Å². The van der Waals surface area contributed by atoms with Crippen molar-refractivity contribution in [3.63, 3.8) is 0 Å². The average Bonchev–Trinajstić information content (AvgIpc) is 2.12. The molecule has 1 aromatic rings. The zero-order valence-corrected chi connectivity index (χ0v) is 7.88. The van der Waals surface area contributed by atoms with Crippen molar-refractivity contribution in [3.8, 4) is 0 Å². The lowest BCUT2D eigenvalue weighted by molar-refractivity contribution is 0.0455. The number of anilines is 1. The zero-order chi connectivity index (χ0) is 9.10. The number of nitrogens with two attached hydrogens (primary N) is 1. The molecule has 0 atom stereocenters. The molecule has 4 nitrogen and oxygen atoms in total. The van der Waals surface area contributed by atoms with Crippen molar-refractivity contribution in [1.82, 2.24) is 4.98 Å². The van der Waals surface area contributed by atoms with Crippen LogP contribution in [0.25, 0.3) is 0 Å². The Hall–Kier alpha value is -0.780. The molecule has 0 unspecified atom stereocenters. The largest absolute Gasteiger partial charge is 0.379 e. The van der Waals surface area contributed by atoms with Gasteiger partial charge in [0.2, 0.25) is 0 Å². The third-order valence-corrected chi connectivity index (χ3v) is 2.84. The van der Waals surface area contributed by atoms with Crippen molar-refractivity contribution in [1.29, 1.82) is 0 Å². The fourth-order valence-corrected chi connectivity index (χ4v) is 1.99. The maximum absolute atomic E-state index is 5.25. The Bertz CT molecular complexity index is 290. The summed E-state index contributed by atoms with van der Waals surface area (Å²) in [5.74, 6) is 5.95. The molecule has 1 aliphatic heterocycles. The Kier molecular flexibility index (Phi) is 2.68. The number of hydrogen-bond donors (Lipinski definition) is 2. The number of nitrogens with zero attached hydrogens (tertiary/aromatic N) is 1. The standard InChI is InChI=1S/C8H11N3OS/c9-11-7-2-1-3-8(10-7)13-6-4-12-5-6/h1-3,6H,4-5,9H2,(H,10,11). The van der Waals surface area contributed by atoms with E-state index in [2.05, 4.69) is 10.4 Å². The van der Waals surface area contributed by atoms with Crippen molar-refractivity contribution in [2.24, 2.45) is 5.84 Å². The van der Waals surface area contributed by atoms with Crippen LogP contribution in [0.15, 0.2) is 23.2 Å². The Labute approximate surface area is 80.8 Å². The molecule has 0 bridgehead atoms. The summed E-state index contributed by atoms with van der Waals surface area (Å²) in [7, 11) is 0. The fraction of sp³-hybridized carbons (Fsp3) is 0.375. The van der Waals surface area contributed by atoms with Crippen LogP contribution in [-0.4, -0.2) is 23.4 Å². The van der Waals surface area contributed by atoms with Crippen LogP contribution in [0.3, 0.4) is 0 Å². The first-order valence-corrected chi connectivity index (χ1v) is 4.94. The molecule has 70 valence electrons. The lowest BCUT2D eigenvalue weighted by Crippen LogP contribution is -2.30. The minimum absolute atomic E-state index is 0.556. The Morgan fingerprint density at radius 3 is 3.00 bits per heavy atom. The Morgan fingerprint density at radius 1 is 1.54 bits per heavy atom. The average molecular weight is 197 g/mol. The Morgan fingerprint density at radius 2 is 2.38 bits per heavy atom. The highest BCUT2D eigenvalue weighted by Crippen LogP contribution is 2.26. The summed E-state index contributed by atoms with van der Waals surface area (Å²) < 4.78 is 5.07. The van der Waals surface area contributed by atoms with Crippen molar-refractivity contribution in [3.05, 3.63) is 18.2 Å². The van der Waals surface area contributed by atoms with E-state index >= 15 is 0 Å². The van der Waals surface area contributed by atoms with Gasteiger partial charge in [-0.2, -0.15) is 0 Å². The summed E-state index contributed by atoms with van der Waals surface area (Å²) >= 11 is 1.73. The van der Waals surface area contributed by atoms with Gasteiger partial charge < -0.3 is 10.2 Å². The molecule has 0 saturated carbocycles. The quantitative estimate of drug-likeness (QED) is 0.556. The molecule has 0 radical (unpaired) electrons. The highest BCUT2D eigenvalue weighted by molar-refractivity contribution is 8.00. The van der Waals surface area contributed by atoms with Crippen LogP contribution in [-0.2, 0) is 4.74 Å². The van der Waals surface area contributed by atoms with Crippen molar-refractivity contribution in [2.45, 2.75) is 10.3 Å². The molecule has 2 rings (SSSR count). The summed E-state index contributed by atoms with van der Waals surface area (Å²) in [6.45, 7) is 1.65. The van der Waals surface area contributed by atoms with Gasteiger partial charge in [-0.25, -0.2) is 10.8 Å². The molecular weight excluding hydrogens is 186 g/mol. The first-order valence-electron chi connectivity index (χ1n) is 4.06. The van der Waals surface area contributed by atoms with E-state index in [1.54, 1.807) is 11.8 Å². The lowest BCUT2D eigenvalue weighted by Gasteiger charge is -2.24. The third kappa shape index (κ3) is 2.12. The van der Waals surface area contributed by atoms with Crippen LogP contribution in [0, 0.1) is 0 Å². The highest BCUT2D eigenvalue weighted by Gasteiger charge is 2.19. The number of pyridine rings is 1. The van der Waals surface area contributed by atoms with E-state index in [1.165, 1.54) is 0 Å². The molecule has 1 saturated heterocycles. The van der Waals surface area contributed by atoms with E-state index < -0.39 is 0 Å². The number of nitrogens with one attached hydrogen (secondary N) is 1. The number of rotatable bonds is 3. The van der Waals surface area contributed by atoms with Crippen LogP contribution < -0.4 is 11.3 Å². The summed E-state index contributed by atoms with van der Waals surface area (Å²) in [5, 5.41) is 1.55. The molecular formula is C8H11N3OS. The summed E-state index contributed by atoms with van der Waals surface area (Å²) in [4.78, 5) is 4.28. The van der Waals surface area contributed by atoms with Gasteiger partial charge in [-0.15, -0.1) is 0 Å². The van der Waals surface area contributed by atoms with Gasteiger partial charge in [-0.1, -0.05) is 17.8 Å². The predicted molar refractivity (Wildman–Crippen MR) is 52.5 cm³/mol. The molecule has 1 fully saturated rings. The van der Waals surface area contributed by atoms with E-state index in [9.17, 15) is 0 Å². The first-order chi connectivity index (χ1) is 6.38. The van der Waals surface area contributed by atoms with Gasteiger partial charge >= 0.3 is 0 Å². The third-order valence-electron chi connectivity index (χ3n) is 1.77. The second-order valence-corrected chi connectivity index (χ2v) is 4.10.